The molecule has 1 heterocycles. The number of nitro benzene ring substituents is 1. The summed E-state index contributed by atoms with van der Waals surface area (Å²) in [4.78, 5) is 27.2. The minimum Gasteiger partial charge on any atom is -0.484 e. The van der Waals surface area contributed by atoms with Crippen LogP contribution in [0, 0.1) is 10.1 Å². The number of benzene rings is 3. The Morgan fingerprint density at radius 1 is 1.13 bits per heavy atom. The molecule has 4 rings (SSSR count). The lowest BCUT2D eigenvalue weighted by atomic mass is 10.1. The first-order chi connectivity index (χ1) is 14.5. The number of nitro groups is 1. The van der Waals surface area contributed by atoms with Gasteiger partial charge in [-0.15, -0.1) is 0 Å². The zero-order valence-electron chi connectivity index (χ0n) is 15.4. The van der Waals surface area contributed by atoms with Gasteiger partial charge in [0.1, 0.15) is 11.3 Å². The van der Waals surface area contributed by atoms with E-state index in [2.05, 4.69) is 10.3 Å². The molecule has 0 aliphatic heterocycles. The minimum absolute atomic E-state index is 0.0915. The molecule has 8 nitrogen and oxygen atoms in total. The number of nitrogens with one attached hydrogen (secondary N) is 1. The molecule has 0 fully saturated rings. The quantitative estimate of drug-likeness (QED) is 0.342. The number of aromatic nitrogens is 1. The van der Waals surface area contributed by atoms with Gasteiger partial charge in [-0.2, -0.15) is 0 Å². The Hall–Kier alpha value is -3.91. The van der Waals surface area contributed by atoms with Gasteiger partial charge < -0.3 is 14.5 Å². The van der Waals surface area contributed by atoms with Crippen LogP contribution < -0.4 is 10.1 Å². The minimum atomic E-state index is -0.503. The van der Waals surface area contributed by atoms with E-state index < -0.39 is 4.92 Å². The van der Waals surface area contributed by atoms with Gasteiger partial charge in [0.2, 0.25) is 5.89 Å². The number of rotatable bonds is 6. The predicted octanol–water partition coefficient (Wildman–Crippen LogP) is 5.07. The van der Waals surface area contributed by atoms with E-state index in [-0.39, 0.29) is 29.7 Å². The highest BCUT2D eigenvalue weighted by molar-refractivity contribution is 6.30. The van der Waals surface area contributed by atoms with Gasteiger partial charge in [0.15, 0.2) is 12.2 Å². The molecule has 0 saturated carbocycles. The fourth-order valence-electron chi connectivity index (χ4n) is 2.79. The highest BCUT2D eigenvalue weighted by Gasteiger charge is 2.16. The first kappa shape index (κ1) is 19.4. The number of non-ortho nitro benzene ring substituents is 1. The van der Waals surface area contributed by atoms with Crippen molar-refractivity contribution in [3.05, 3.63) is 81.9 Å². The van der Waals surface area contributed by atoms with E-state index >= 15 is 0 Å². The Morgan fingerprint density at radius 3 is 2.67 bits per heavy atom. The maximum absolute atomic E-state index is 12.3. The summed E-state index contributed by atoms with van der Waals surface area (Å²) in [6.45, 7) is -0.199. The maximum Gasteiger partial charge on any atom is 0.273 e. The fourth-order valence-corrected chi connectivity index (χ4v) is 2.91. The normalized spacial score (nSPS) is 10.7. The Morgan fingerprint density at radius 2 is 1.90 bits per heavy atom. The molecule has 150 valence electrons. The van der Waals surface area contributed by atoms with E-state index in [1.165, 1.54) is 18.2 Å². The van der Waals surface area contributed by atoms with Gasteiger partial charge in [-0.1, -0.05) is 23.7 Å². The van der Waals surface area contributed by atoms with E-state index in [0.717, 1.165) is 0 Å². The van der Waals surface area contributed by atoms with E-state index in [1.54, 1.807) is 48.5 Å². The monoisotopic (exact) mass is 423 g/mol. The van der Waals surface area contributed by atoms with Crippen LogP contribution in [0.1, 0.15) is 0 Å². The van der Waals surface area contributed by atoms with Crippen LogP contribution in [0.25, 0.3) is 22.6 Å². The van der Waals surface area contributed by atoms with Gasteiger partial charge in [0.25, 0.3) is 11.6 Å². The molecule has 1 aromatic heterocycles. The topological polar surface area (TPSA) is 108 Å². The third-order valence-electron chi connectivity index (χ3n) is 4.20. The number of oxazole rings is 1. The van der Waals surface area contributed by atoms with Crippen LogP contribution in [-0.4, -0.2) is 22.4 Å². The molecule has 0 bridgehead atoms. The molecule has 30 heavy (non-hydrogen) atoms. The van der Waals surface area contributed by atoms with Crippen LogP contribution in [0.15, 0.2) is 71.1 Å². The van der Waals surface area contributed by atoms with Crippen molar-refractivity contribution in [1.29, 1.82) is 0 Å². The number of hydrogen-bond donors (Lipinski definition) is 1. The van der Waals surface area contributed by atoms with E-state index in [9.17, 15) is 14.9 Å². The van der Waals surface area contributed by atoms with Crippen molar-refractivity contribution >= 4 is 40.0 Å². The van der Waals surface area contributed by atoms with Crippen molar-refractivity contribution in [2.24, 2.45) is 0 Å². The van der Waals surface area contributed by atoms with Crippen LogP contribution in [0.2, 0.25) is 5.02 Å². The average molecular weight is 424 g/mol. The molecule has 3 aromatic carbocycles. The fraction of sp³-hybridized carbons (Fsp3) is 0.0476. The van der Waals surface area contributed by atoms with Crippen LogP contribution in [0.3, 0.4) is 0 Å². The maximum atomic E-state index is 12.3. The number of ether oxygens (including phenoxy) is 1. The third kappa shape index (κ3) is 4.23. The van der Waals surface area contributed by atoms with Crippen molar-refractivity contribution in [2.45, 2.75) is 0 Å². The number of para-hydroxylation sites is 1. The van der Waals surface area contributed by atoms with E-state index in [1.807, 2.05) is 0 Å². The van der Waals surface area contributed by atoms with Crippen LogP contribution in [-0.2, 0) is 4.79 Å². The molecule has 0 radical (unpaired) electrons. The average Bonchev–Trinajstić information content (AvgIpc) is 3.17. The second-order valence-corrected chi connectivity index (χ2v) is 6.70. The van der Waals surface area contributed by atoms with Crippen LogP contribution >= 0.6 is 11.6 Å². The van der Waals surface area contributed by atoms with Gasteiger partial charge in [-0.05, 0) is 42.5 Å². The molecule has 0 aliphatic carbocycles. The summed E-state index contributed by atoms with van der Waals surface area (Å²) in [5, 5.41) is 14.3. The van der Waals surface area contributed by atoms with Crippen molar-refractivity contribution in [3.8, 4) is 17.2 Å². The molecule has 0 saturated heterocycles. The lowest BCUT2D eigenvalue weighted by Crippen LogP contribution is -2.20. The van der Waals surface area contributed by atoms with Crippen LogP contribution in [0.4, 0.5) is 11.4 Å². The number of carbonyl (C=O) groups is 1. The molecule has 0 atom stereocenters. The number of hydrogen-bond acceptors (Lipinski definition) is 6. The lowest BCUT2D eigenvalue weighted by molar-refractivity contribution is -0.384. The second kappa shape index (κ2) is 8.22. The zero-order chi connectivity index (χ0) is 21.1. The summed E-state index contributed by atoms with van der Waals surface area (Å²) in [5.41, 5.74) is 1.68. The Bertz CT molecular complexity index is 1240. The summed E-state index contributed by atoms with van der Waals surface area (Å²) in [6, 6.07) is 17.8. The molecule has 9 heteroatoms. The van der Waals surface area contributed by atoms with Gasteiger partial charge in [0.05, 0.1) is 22.2 Å². The van der Waals surface area contributed by atoms with E-state index in [0.29, 0.717) is 27.5 Å². The first-order valence-electron chi connectivity index (χ1n) is 8.82. The van der Waals surface area contributed by atoms with Crippen LogP contribution in [0.5, 0.6) is 5.75 Å². The van der Waals surface area contributed by atoms with Crippen molar-refractivity contribution < 1.29 is 18.9 Å². The van der Waals surface area contributed by atoms with Crippen molar-refractivity contribution in [3.63, 3.8) is 0 Å². The van der Waals surface area contributed by atoms with Gasteiger partial charge in [-0.3, -0.25) is 14.9 Å². The molecule has 4 aromatic rings. The Labute approximate surface area is 175 Å². The number of fused-ring (bicyclic) bond motifs is 1. The molecule has 0 aliphatic rings. The SMILES string of the molecule is O=C(COc1ccc(Cl)cc1)Nc1ccccc1-c1nc2ccc([N+](=O)[O-])cc2o1. The largest absolute Gasteiger partial charge is 0.484 e. The number of amides is 1. The Kier molecular flexibility index (Phi) is 5.32. The number of halogens is 1. The summed E-state index contributed by atoms with van der Waals surface area (Å²) < 4.78 is 11.1. The predicted molar refractivity (Wildman–Crippen MR) is 112 cm³/mol. The molecule has 1 N–H and O–H groups in total. The highest BCUT2D eigenvalue weighted by atomic mass is 35.5. The summed E-state index contributed by atoms with van der Waals surface area (Å²) in [5.74, 6) is 0.382. The molecule has 0 spiro atoms. The molecule has 1 amide bonds. The van der Waals surface area contributed by atoms with E-state index in [4.69, 9.17) is 20.8 Å². The standard InChI is InChI=1S/C21H14ClN3O5/c22-13-5-8-15(9-6-13)29-12-20(26)23-17-4-2-1-3-16(17)21-24-18-10-7-14(25(27)28)11-19(18)30-21/h1-11H,12H2,(H,23,26). The number of carbonyl (C=O) groups excluding carboxylic acids is 1. The molecule has 0 unspecified atom stereocenters. The summed E-state index contributed by atoms with van der Waals surface area (Å²) in [7, 11) is 0. The van der Waals surface area contributed by atoms with Gasteiger partial charge in [0, 0.05) is 11.1 Å². The second-order valence-electron chi connectivity index (χ2n) is 6.26. The van der Waals surface area contributed by atoms with Crippen molar-refractivity contribution in [1.82, 2.24) is 4.98 Å². The summed E-state index contributed by atoms with van der Waals surface area (Å²) >= 11 is 5.83. The lowest BCUT2D eigenvalue weighted by Gasteiger charge is -2.10. The smallest absolute Gasteiger partial charge is 0.273 e. The number of anilines is 1. The molecular formula is C21H14ClN3O5. The van der Waals surface area contributed by atoms with Gasteiger partial charge >= 0.3 is 0 Å². The third-order valence-corrected chi connectivity index (χ3v) is 4.45. The van der Waals surface area contributed by atoms with Gasteiger partial charge in [-0.25, -0.2) is 4.98 Å². The molecular weight excluding hydrogens is 410 g/mol. The van der Waals surface area contributed by atoms with Crippen molar-refractivity contribution in [2.75, 3.05) is 11.9 Å². The summed E-state index contributed by atoms with van der Waals surface area (Å²) in [6.07, 6.45) is 0. The zero-order valence-corrected chi connectivity index (χ0v) is 16.1. The first-order valence-corrected chi connectivity index (χ1v) is 9.20. The highest BCUT2D eigenvalue weighted by Crippen LogP contribution is 2.31. The number of nitrogens with zero attached hydrogens (tertiary/aromatic N) is 2. The Balaban J connectivity index is 1.53.